The Labute approximate surface area is 197 Å². The third-order valence-electron chi connectivity index (χ3n) is 5.40. The number of benzene rings is 3. The summed E-state index contributed by atoms with van der Waals surface area (Å²) in [5.74, 6) is -0.000357. The minimum atomic E-state index is -0.729. The molecular formula is C26H25N3O5. The summed E-state index contributed by atoms with van der Waals surface area (Å²) in [6.07, 6.45) is 1.59. The number of amides is 1. The van der Waals surface area contributed by atoms with Crippen LogP contribution in [0.3, 0.4) is 0 Å². The molecule has 0 aliphatic carbocycles. The summed E-state index contributed by atoms with van der Waals surface area (Å²) in [7, 11) is 4.74. The van der Waals surface area contributed by atoms with E-state index in [4.69, 9.17) is 14.2 Å². The first kappa shape index (κ1) is 22.8. The smallest absolute Gasteiger partial charge is 0.363 e. The lowest BCUT2D eigenvalue weighted by molar-refractivity contribution is -0.133. The van der Waals surface area contributed by atoms with Gasteiger partial charge >= 0.3 is 5.97 Å². The fourth-order valence-electron chi connectivity index (χ4n) is 3.53. The zero-order chi connectivity index (χ0) is 24.1. The van der Waals surface area contributed by atoms with Gasteiger partial charge in [-0.05, 0) is 46.7 Å². The number of esters is 1. The second-order valence-corrected chi connectivity index (χ2v) is 7.70. The Balaban J connectivity index is 1.38. The Hall–Kier alpha value is -4.33. The summed E-state index contributed by atoms with van der Waals surface area (Å²) in [5.41, 5.74) is 1.74. The molecule has 1 amide bonds. The van der Waals surface area contributed by atoms with Crippen molar-refractivity contribution in [1.82, 2.24) is 14.7 Å². The van der Waals surface area contributed by atoms with Gasteiger partial charge in [-0.15, -0.1) is 0 Å². The molecule has 4 rings (SSSR count). The summed E-state index contributed by atoms with van der Waals surface area (Å²) in [6.45, 7) is -0.0221. The molecule has 8 nitrogen and oxygen atoms in total. The Bertz CT molecular complexity index is 1320. The zero-order valence-electron chi connectivity index (χ0n) is 19.2. The van der Waals surface area contributed by atoms with Gasteiger partial charge in [0.15, 0.2) is 12.4 Å². The normalized spacial score (nSPS) is 10.7. The van der Waals surface area contributed by atoms with E-state index in [-0.39, 0.29) is 17.4 Å². The largest absolute Gasteiger partial charge is 0.497 e. The lowest BCUT2D eigenvalue weighted by atomic mass is 10.1. The number of aromatic nitrogens is 2. The van der Waals surface area contributed by atoms with E-state index in [1.807, 2.05) is 66.7 Å². The minimum absolute atomic E-state index is 0.00626. The Morgan fingerprint density at radius 1 is 0.941 bits per heavy atom. The number of carbonyl (C=O) groups is 2. The molecule has 0 atom stereocenters. The van der Waals surface area contributed by atoms with Crippen LogP contribution >= 0.6 is 0 Å². The van der Waals surface area contributed by atoms with Crippen molar-refractivity contribution in [2.75, 3.05) is 27.9 Å². The van der Waals surface area contributed by atoms with Gasteiger partial charge in [-0.1, -0.05) is 36.4 Å². The van der Waals surface area contributed by atoms with Crippen molar-refractivity contribution in [3.63, 3.8) is 0 Å². The fourth-order valence-corrected chi connectivity index (χ4v) is 3.53. The number of fused-ring (bicyclic) bond motifs is 1. The Morgan fingerprint density at radius 3 is 2.41 bits per heavy atom. The number of hydrogen-bond donors (Lipinski definition) is 0. The van der Waals surface area contributed by atoms with Crippen LogP contribution in [-0.4, -0.2) is 54.4 Å². The van der Waals surface area contributed by atoms with Crippen molar-refractivity contribution in [2.45, 2.75) is 6.54 Å². The topological polar surface area (TPSA) is 82.9 Å². The van der Waals surface area contributed by atoms with E-state index in [0.717, 1.165) is 27.8 Å². The molecule has 0 radical (unpaired) electrons. The maximum atomic E-state index is 12.6. The number of hydrogen-bond acceptors (Lipinski definition) is 6. The molecule has 34 heavy (non-hydrogen) atoms. The van der Waals surface area contributed by atoms with Crippen LogP contribution in [0.15, 0.2) is 72.9 Å². The molecule has 1 heterocycles. The lowest BCUT2D eigenvalue weighted by Gasteiger charge is -2.17. The highest BCUT2D eigenvalue weighted by molar-refractivity contribution is 5.92. The summed E-state index contributed by atoms with van der Waals surface area (Å²) in [6, 6.07) is 21.1. The van der Waals surface area contributed by atoms with Crippen LogP contribution < -0.4 is 9.47 Å². The number of rotatable bonds is 8. The Kier molecular flexibility index (Phi) is 6.77. The van der Waals surface area contributed by atoms with Gasteiger partial charge in [0.1, 0.15) is 5.75 Å². The van der Waals surface area contributed by atoms with Crippen LogP contribution in [0.4, 0.5) is 0 Å². The summed E-state index contributed by atoms with van der Waals surface area (Å²) in [4.78, 5) is 26.7. The molecule has 174 valence electrons. The van der Waals surface area contributed by atoms with E-state index in [2.05, 4.69) is 5.10 Å². The second-order valence-electron chi connectivity index (χ2n) is 7.70. The lowest BCUT2D eigenvalue weighted by Crippen LogP contribution is -2.31. The van der Waals surface area contributed by atoms with Crippen molar-refractivity contribution in [3.8, 4) is 17.2 Å². The van der Waals surface area contributed by atoms with Crippen LogP contribution in [0.1, 0.15) is 16.1 Å². The van der Waals surface area contributed by atoms with Gasteiger partial charge in [0, 0.05) is 13.6 Å². The number of likely N-dealkylation sites (N-methyl/N-ethyl adjacent to an activating group) is 1. The fraction of sp³-hybridized carbons (Fsp3) is 0.192. The second kappa shape index (κ2) is 10.1. The first-order chi connectivity index (χ1) is 16.5. The SMILES string of the molecule is COc1ccc2cc(CN(C)C(=O)COC(=O)c3nn(-c4ccccc4)cc3OC)ccc2c1. The predicted molar refractivity (Wildman–Crippen MR) is 127 cm³/mol. The van der Waals surface area contributed by atoms with Gasteiger partial charge in [-0.3, -0.25) is 4.79 Å². The van der Waals surface area contributed by atoms with Crippen molar-refractivity contribution in [1.29, 1.82) is 0 Å². The summed E-state index contributed by atoms with van der Waals surface area (Å²) in [5, 5.41) is 6.36. The minimum Gasteiger partial charge on any atom is -0.497 e. The van der Waals surface area contributed by atoms with Gasteiger partial charge in [-0.2, -0.15) is 5.10 Å². The monoisotopic (exact) mass is 459 g/mol. The van der Waals surface area contributed by atoms with Crippen LogP contribution in [0.2, 0.25) is 0 Å². The van der Waals surface area contributed by atoms with E-state index in [1.54, 1.807) is 20.4 Å². The number of methoxy groups -OCH3 is 2. The van der Waals surface area contributed by atoms with Gasteiger partial charge in [0.2, 0.25) is 5.69 Å². The highest BCUT2D eigenvalue weighted by atomic mass is 16.5. The van der Waals surface area contributed by atoms with Gasteiger partial charge in [0.25, 0.3) is 5.91 Å². The van der Waals surface area contributed by atoms with E-state index in [9.17, 15) is 9.59 Å². The molecule has 1 aromatic heterocycles. The first-order valence-corrected chi connectivity index (χ1v) is 10.7. The number of nitrogens with zero attached hydrogens (tertiary/aromatic N) is 3. The highest BCUT2D eigenvalue weighted by Crippen LogP contribution is 2.23. The molecule has 0 aliphatic rings. The van der Waals surface area contributed by atoms with Crippen molar-refractivity contribution >= 4 is 22.6 Å². The van der Waals surface area contributed by atoms with E-state index in [1.165, 1.54) is 16.7 Å². The molecule has 3 aromatic carbocycles. The van der Waals surface area contributed by atoms with Gasteiger partial charge < -0.3 is 19.1 Å². The van der Waals surface area contributed by atoms with Crippen molar-refractivity contribution in [3.05, 3.63) is 84.2 Å². The maximum Gasteiger partial charge on any atom is 0.363 e. The third-order valence-corrected chi connectivity index (χ3v) is 5.40. The standard InChI is InChI=1S/C26H25N3O5/c1-28(15-18-9-10-20-14-22(32-2)12-11-19(20)13-18)24(30)17-34-26(31)25-23(33-3)16-29(27-25)21-7-5-4-6-8-21/h4-14,16H,15,17H2,1-3H3. The highest BCUT2D eigenvalue weighted by Gasteiger charge is 2.21. The number of ether oxygens (including phenoxy) is 3. The molecule has 0 aliphatic heterocycles. The zero-order valence-corrected chi connectivity index (χ0v) is 19.2. The van der Waals surface area contributed by atoms with Crippen molar-refractivity contribution in [2.24, 2.45) is 0 Å². The molecule has 0 bridgehead atoms. The molecule has 0 spiro atoms. The molecule has 4 aromatic rings. The number of carbonyl (C=O) groups excluding carboxylic acids is 2. The van der Waals surface area contributed by atoms with Crippen molar-refractivity contribution < 1.29 is 23.8 Å². The molecule has 0 unspecified atom stereocenters. The predicted octanol–water partition coefficient (Wildman–Crippen LogP) is 3.86. The van der Waals surface area contributed by atoms with E-state index in [0.29, 0.717) is 6.54 Å². The van der Waals surface area contributed by atoms with E-state index < -0.39 is 12.6 Å². The van der Waals surface area contributed by atoms with Crippen LogP contribution in [0.5, 0.6) is 11.5 Å². The number of para-hydroxylation sites is 1. The van der Waals surface area contributed by atoms with Gasteiger partial charge in [0.05, 0.1) is 26.1 Å². The molecule has 0 fully saturated rings. The third kappa shape index (κ3) is 5.01. The summed E-state index contributed by atoms with van der Waals surface area (Å²) >= 11 is 0. The molecule has 0 saturated carbocycles. The van der Waals surface area contributed by atoms with Gasteiger partial charge in [-0.25, -0.2) is 9.48 Å². The average molecular weight is 460 g/mol. The molecule has 0 saturated heterocycles. The summed E-state index contributed by atoms with van der Waals surface area (Å²) < 4.78 is 17.3. The molecule has 0 N–H and O–H groups in total. The quantitative estimate of drug-likeness (QED) is 0.372. The molecular weight excluding hydrogens is 434 g/mol. The van der Waals surface area contributed by atoms with Crippen LogP contribution in [-0.2, 0) is 16.1 Å². The Morgan fingerprint density at radius 2 is 1.68 bits per heavy atom. The van der Waals surface area contributed by atoms with E-state index >= 15 is 0 Å². The van der Waals surface area contributed by atoms with Crippen LogP contribution in [0.25, 0.3) is 16.5 Å². The van der Waals surface area contributed by atoms with Crippen LogP contribution in [0, 0.1) is 0 Å². The maximum absolute atomic E-state index is 12.6. The molecule has 8 heteroatoms. The first-order valence-electron chi connectivity index (χ1n) is 10.7. The average Bonchev–Trinajstić information content (AvgIpc) is 3.32.